The molecule has 0 radical (unpaired) electrons. The Labute approximate surface area is 121 Å². The predicted molar refractivity (Wildman–Crippen MR) is 77.8 cm³/mol. The fourth-order valence-corrected chi connectivity index (χ4v) is 2.54. The minimum atomic E-state index is -0.978. The molecule has 0 saturated carbocycles. The van der Waals surface area contributed by atoms with Crippen molar-refractivity contribution in [3.63, 3.8) is 0 Å². The molecular weight excluding hydrogens is 258 g/mol. The number of aliphatic carboxylic acids is 1. The summed E-state index contributed by atoms with van der Waals surface area (Å²) < 4.78 is 0. The van der Waals surface area contributed by atoms with E-state index < -0.39 is 11.5 Å². The van der Waals surface area contributed by atoms with Crippen LogP contribution in [0.2, 0.25) is 0 Å². The summed E-state index contributed by atoms with van der Waals surface area (Å²) in [5.74, 6) is -0.978. The molecule has 116 valence electrons. The van der Waals surface area contributed by atoms with E-state index in [4.69, 9.17) is 5.11 Å². The Balaban J connectivity index is 2.78. The number of carboxylic acid groups (broad SMARTS) is 1. The van der Waals surface area contributed by atoms with E-state index in [0.29, 0.717) is 19.1 Å². The number of hydrogen-bond donors (Lipinski definition) is 1. The van der Waals surface area contributed by atoms with Gasteiger partial charge in [-0.3, -0.25) is 9.69 Å². The van der Waals surface area contributed by atoms with E-state index >= 15 is 0 Å². The van der Waals surface area contributed by atoms with Gasteiger partial charge in [-0.1, -0.05) is 6.92 Å². The Morgan fingerprint density at radius 1 is 1.30 bits per heavy atom. The van der Waals surface area contributed by atoms with Gasteiger partial charge in [0.1, 0.15) is 6.54 Å². The molecule has 1 unspecified atom stereocenters. The molecule has 0 aliphatic carbocycles. The highest BCUT2D eigenvalue weighted by molar-refractivity contribution is 5.81. The van der Waals surface area contributed by atoms with Crippen LogP contribution in [0, 0.1) is 0 Å². The van der Waals surface area contributed by atoms with Gasteiger partial charge in [-0.05, 0) is 34.2 Å². The first kappa shape index (κ1) is 16.8. The van der Waals surface area contributed by atoms with Crippen molar-refractivity contribution in [1.82, 2.24) is 14.7 Å². The van der Waals surface area contributed by atoms with Crippen LogP contribution >= 0.6 is 0 Å². The van der Waals surface area contributed by atoms with E-state index in [0.717, 1.165) is 13.1 Å². The third-order valence-corrected chi connectivity index (χ3v) is 3.78. The zero-order valence-corrected chi connectivity index (χ0v) is 13.2. The Kier molecular flexibility index (Phi) is 5.39. The molecule has 6 nitrogen and oxygen atoms in total. The molecule has 20 heavy (non-hydrogen) atoms. The molecule has 1 heterocycles. The molecule has 1 fully saturated rings. The highest BCUT2D eigenvalue weighted by atomic mass is 16.4. The molecule has 1 N–H and O–H groups in total. The number of likely N-dealkylation sites (N-methyl/N-ethyl adjacent to an activating group) is 1. The Morgan fingerprint density at radius 2 is 1.90 bits per heavy atom. The summed E-state index contributed by atoms with van der Waals surface area (Å²) in [6.45, 7) is 12.7. The van der Waals surface area contributed by atoms with Gasteiger partial charge < -0.3 is 14.9 Å². The predicted octanol–water partition coefficient (Wildman–Crippen LogP) is 1.32. The maximum atomic E-state index is 12.6. The lowest BCUT2D eigenvalue weighted by atomic mass is 10.1. The zero-order valence-electron chi connectivity index (χ0n) is 13.2. The molecule has 6 heteroatoms. The maximum absolute atomic E-state index is 12.6. The average molecular weight is 285 g/mol. The van der Waals surface area contributed by atoms with Gasteiger partial charge >= 0.3 is 12.0 Å². The lowest BCUT2D eigenvalue weighted by molar-refractivity contribution is -0.138. The number of rotatable bonds is 3. The molecule has 1 atom stereocenters. The average Bonchev–Trinajstić information content (AvgIpc) is 2.33. The Bertz CT molecular complexity index is 365. The van der Waals surface area contributed by atoms with Crippen molar-refractivity contribution in [3.05, 3.63) is 0 Å². The van der Waals surface area contributed by atoms with Gasteiger partial charge in [0.15, 0.2) is 0 Å². The monoisotopic (exact) mass is 285 g/mol. The largest absolute Gasteiger partial charge is 0.480 e. The summed E-state index contributed by atoms with van der Waals surface area (Å²) in [6, 6.07) is 0.131. The fourth-order valence-electron chi connectivity index (χ4n) is 2.54. The minimum absolute atomic E-state index is 0.178. The number of piperazine rings is 1. The molecular formula is C14H27N3O3. The standard InChI is InChI=1S/C14H27N3O3/c1-6-15-7-8-16(9-11(15)2)13(20)17(10-12(18)19)14(3,4)5/h11H,6-10H2,1-5H3,(H,18,19). The summed E-state index contributed by atoms with van der Waals surface area (Å²) >= 11 is 0. The van der Waals surface area contributed by atoms with Crippen molar-refractivity contribution < 1.29 is 14.7 Å². The molecule has 1 aliphatic rings. The van der Waals surface area contributed by atoms with Crippen LogP contribution in [0.15, 0.2) is 0 Å². The van der Waals surface area contributed by atoms with Gasteiger partial charge in [0.2, 0.25) is 0 Å². The zero-order chi connectivity index (χ0) is 15.5. The van der Waals surface area contributed by atoms with E-state index in [1.807, 2.05) is 20.8 Å². The van der Waals surface area contributed by atoms with Crippen LogP contribution in [0.1, 0.15) is 34.6 Å². The Hall–Kier alpha value is -1.30. The third kappa shape index (κ3) is 4.10. The first-order valence-corrected chi connectivity index (χ1v) is 7.19. The van der Waals surface area contributed by atoms with Crippen molar-refractivity contribution >= 4 is 12.0 Å². The van der Waals surface area contributed by atoms with Crippen LogP contribution in [0.25, 0.3) is 0 Å². The molecule has 0 aromatic rings. The smallest absolute Gasteiger partial charge is 0.323 e. The van der Waals surface area contributed by atoms with Crippen molar-refractivity contribution in [2.75, 3.05) is 32.7 Å². The number of carbonyl (C=O) groups excluding carboxylic acids is 1. The van der Waals surface area contributed by atoms with Gasteiger partial charge in [-0.25, -0.2) is 4.79 Å². The molecule has 0 aromatic heterocycles. The van der Waals surface area contributed by atoms with E-state index in [1.165, 1.54) is 4.90 Å². The number of amides is 2. The van der Waals surface area contributed by atoms with Crippen LogP contribution in [0.5, 0.6) is 0 Å². The maximum Gasteiger partial charge on any atom is 0.323 e. The van der Waals surface area contributed by atoms with Crippen LogP contribution in [-0.2, 0) is 4.79 Å². The summed E-state index contributed by atoms with van der Waals surface area (Å²) in [4.78, 5) is 29.1. The quantitative estimate of drug-likeness (QED) is 0.849. The number of nitrogens with zero attached hydrogens (tertiary/aromatic N) is 3. The molecule has 2 amide bonds. The van der Waals surface area contributed by atoms with Crippen LogP contribution < -0.4 is 0 Å². The van der Waals surface area contributed by atoms with Crippen molar-refractivity contribution in [2.24, 2.45) is 0 Å². The second-order valence-corrected chi connectivity index (χ2v) is 6.36. The molecule has 0 aromatic carbocycles. The normalized spacial score (nSPS) is 20.9. The van der Waals surface area contributed by atoms with E-state index in [2.05, 4.69) is 18.7 Å². The first-order chi connectivity index (χ1) is 9.16. The first-order valence-electron chi connectivity index (χ1n) is 7.19. The third-order valence-electron chi connectivity index (χ3n) is 3.78. The van der Waals surface area contributed by atoms with Gasteiger partial charge in [-0.15, -0.1) is 0 Å². The number of carboxylic acids is 1. The summed E-state index contributed by atoms with van der Waals surface area (Å²) in [5.41, 5.74) is -0.499. The minimum Gasteiger partial charge on any atom is -0.480 e. The highest BCUT2D eigenvalue weighted by Gasteiger charge is 2.34. The van der Waals surface area contributed by atoms with Crippen LogP contribution in [-0.4, -0.2) is 76.1 Å². The summed E-state index contributed by atoms with van der Waals surface area (Å²) in [5, 5.41) is 9.01. The molecule has 1 rings (SSSR count). The Morgan fingerprint density at radius 3 is 2.30 bits per heavy atom. The summed E-state index contributed by atoms with van der Waals surface area (Å²) in [7, 11) is 0. The number of hydrogen-bond acceptors (Lipinski definition) is 3. The fraction of sp³-hybridized carbons (Fsp3) is 0.857. The van der Waals surface area contributed by atoms with Crippen LogP contribution in [0.3, 0.4) is 0 Å². The van der Waals surface area contributed by atoms with Gasteiger partial charge in [0.05, 0.1) is 0 Å². The van der Waals surface area contributed by atoms with Crippen molar-refractivity contribution in [1.29, 1.82) is 0 Å². The van der Waals surface area contributed by atoms with E-state index in [-0.39, 0.29) is 12.6 Å². The molecule has 1 aliphatic heterocycles. The van der Waals surface area contributed by atoms with Gasteiger partial charge in [0.25, 0.3) is 0 Å². The highest BCUT2D eigenvalue weighted by Crippen LogP contribution is 2.18. The molecule has 1 saturated heterocycles. The molecule has 0 bridgehead atoms. The van der Waals surface area contributed by atoms with Crippen molar-refractivity contribution in [2.45, 2.75) is 46.2 Å². The number of urea groups is 1. The molecule has 0 spiro atoms. The summed E-state index contributed by atoms with van der Waals surface area (Å²) in [6.07, 6.45) is 0. The van der Waals surface area contributed by atoms with E-state index in [9.17, 15) is 9.59 Å². The van der Waals surface area contributed by atoms with E-state index in [1.54, 1.807) is 4.90 Å². The SMILES string of the molecule is CCN1CCN(C(=O)N(CC(=O)O)C(C)(C)C)CC1C. The van der Waals surface area contributed by atoms with Gasteiger partial charge in [-0.2, -0.15) is 0 Å². The van der Waals surface area contributed by atoms with Crippen molar-refractivity contribution in [3.8, 4) is 0 Å². The number of carbonyl (C=O) groups is 2. The topological polar surface area (TPSA) is 64.1 Å². The van der Waals surface area contributed by atoms with Crippen LogP contribution in [0.4, 0.5) is 4.79 Å². The van der Waals surface area contributed by atoms with Gasteiger partial charge in [0, 0.05) is 31.2 Å². The lowest BCUT2D eigenvalue weighted by Gasteiger charge is -2.43. The lowest BCUT2D eigenvalue weighted by Crippen LogP contribution is -2.60. The second kappa shape index (κ2) is 6.43. The second-order valence-electron chi connectivity index (χ2n) is 6.36.